The molecule has 19 heavy (non-hydrogen) atoms. The van der Waals surface area contributed by atoms with Crippen LogP contribution in [0.25, 0.3) is 0 Å². The number of benzene rings is 1. The molecule has 0 aromatic heterocycles. The summed E-state index contributed by atoms with van der Waals surface area (Å²) < 4.78 is 0. The second kappa shape index (κ2) is 6.32. The third kappa shape index (κ3) is 3.35. The first-order valence-electron chi connectivity index (χ1n) is 7.83. The van der Waals surface area contributed by atoms with Crippen molar-refractivity contribution in [3.05, 3.63) is 29.8 Å². The van der Waals surface area contributed by atoms with Crippen molar-refractivity contribution in [3.8, 4) is 0 Å². The summed E-state index contributed by atoms with van der Waals surface area (Å²) >= 11 is 2.05. The topological polar surface area (TPSA) is 12.0 Å². The molecule has 1 aliphatic carbocycles. The molecule has 104 valence electrons. The van der Waals surface area contributed by atoms with Crippen LogP contribution in [0, 0.1) is 5.92 Å². The predicted molar refractivity (Wildman–Crippen MR) is 83.9 cm³/mol. The molecule has 1 heterocycles. The zero-order valence-electron chi connectivity index (χ0n) is 11.9. The molecule has 3 rings (SSSR count). The Kier molecular flexibility index (Phi) is 4.49. The molecule has 1 aliphatic heterocycles. The number of fused-ring (bicyclic) bond motifs is 1. The summed E-state index contributed by atoms with van der Waals surface area (Å²) in [7, 11) is 0. The first-order chi connectivity index (χ1) is 9.38. The molecule has 2 aliphatic rings. The van der Waals surface area contributed by atoms with Crippen molar-refractivity contribution >= 4 is 11.8 Å². The zero-order chi connectivity index (χ0) is 13.1. The van der Waals surface area contributed by atoms with E-state index in [9.17, 15) is 0 Å². The third-order valence-electron chi connectivity index (χ3n) is 4.52. The number of hydrogen-bond donors (Lipinski definition) is 1. The molecule has 1 N–H and O–H groups in total. The van der Waals surface area contributed by atoms with Crippen molar-refractivity contribution in [2.75, 3.05) is 12.3 Å². The van der Waals surface area contributed by atoms with E-state index < -0.39 is 0 Å². The maximum Gasteiger partial charge on any atom is 0.0107 e. The predicted octanol–water partition coefficient (Wildman–Crippen LogP) is 4.43. The van der Waals surface area contributed by atoms with E-state index in [1.807, 2.05) is 11.8 Å². The molecule has 0 spiro atoms. The summed E-state index contributed by atoms with van der Waals surface area (Å²) in [5, 5.41) is 3.68. The maximum absolute atomic E-state index is 3.68. The number of thioether (sulfide) groups is 1. The van der Waals surface area contributed by atoms with Gasteiger partial charge in [0.1, 0.15) is 0 Å². The van der Waals surface area contributed by atoms with E-state index in [-0.39, 0.29) is 0 Å². The van der Waals surface area contributed by atoms with Crippen LogP contribution in [-0.4, -0.2) is 18.3 Å². The van der Waals surface area contributed by atoms with Crippen LogP contribution >= 0.6 is 11.8 Å². The molecule has 0 amide bonds. The van der Waals surface area contributed by atoms with Crippen LogP contribution in [0.3, 0.4) is 0 Å². The van der Waals surface area contributed by atoms with Gasteiger partial charge in [0.25, 0.3) is 0 Å². The Morgan fingerprint density at radius 2 is 2.16 bits per heavy atom. The van der Waals surface area contributed by atoms with Crippen LogP contribution in [0.5, 0.6) is 0 Å². The van der Waals surface area contributed by atoms with Gasteiger partial charge < -0.3 is 5.32 Å². The zero-order valence-corrected chi connectivity index (χ0v) is 12.7. The molecular weight excluding hydrogens is 250 g/mol. The molecule has 2 heteroatoms. The Balaban J connectivity index is 1.48. The van der Waals surface area contributed by atoms with Crippen LogP contribution in [0.15, 0.2) is 29.2 Å². The lowest BCUT2D eigenvalue weighted by molar-refractivity contribution is 0.422. The Labute approximate surface area is 121 Å². The van der Waals surface area contributed by atoms with Crippen molar-refractivity contribution in [1.29, 1.82) is 0 Å². The van der Waals surface area contributed by atoms with Gasteiger partial charge >= 0.3 is 0 Å². The first-order valence-corrected chi connectivity index (χ1v) is 8.82. The third-order valence-corrected chi connectivity index (χ3v) is 5.78. The molecule has 0 bridgehead atoms. The van der Waals surface area contributed by atoms with Crippen molar-refractivity contribution in [1.82, 2.24) is 5.32 Å². The fourth-order valence-corrected chi connectivity index (χ4v) is 4.62. The number of rotatable bonds is 7. The SMILES string of the molecule is CCNC(CCCC1CSc2ccccc21)C1CC1. The van der Waals surface area contributed by atoms with E-state index in [1.165, 1.54) is 42.8 Å². The van der Waals surface area contributed by atoms with Gasteiger partial charge in [0.2, 0.25) is 0 Å². The highest BCUT2D eigenvalue weighted by Gasteiger charge is 2.30. The molecule has 0 saturated heterocycles. The fraction of sp³-hybridized carbons (Fsp3) is 0.647. The van der Waals surface area contributed by atoms with Crippen LogP contribution in [-0.2, 0) is 0 Å². The average molecular weight is 275 g/mol. The first kappa shape index (κ1) is 13.5. The highest BCUT2D eigenvalue weighted by atomic mass is 32.2. The summed E-state index contributed by atoms with van der Waals surface area (Å²) in [4.78, 5) is 1.53. The molecule has 1 fully saturated rings. The van der Waals surface area contributed by atoms with Crippen LogP contribution in [0.1, 0.15) is 50.5 Å². The van der Waals surface area contributed by atoms with E-state index in [1.54, 1.807) is 5.56 Å². The molecular formula is C17H25NS. The van der Waals surface area contributed by atoms with E-state index in [0.717, 1.165) is 24.4 Å². The molecule has 1 aromatic carbocycles. The summed E-state index contributed by atoms with van der Waals surface area (Å²) in [6.45, 7) is 3.36. The summed E-state index contributed by atoms with van der Waals surface area (Å²) in [5.41, 5.74) is 1.61. The number of nitrogens with one attached hydrogen (secondary N) is 1. The Hall–Kier alpha value is -0.470. The van der Waals surface area contributed by atoms with Gasteiger partial charge in [-0.3, -0.25) is 0 Å². The molecule has 0 radical (unpaired) electrons. The molecule has 1 saturated carbocycles. The van der Waals surface area contributed by atoms with Crippen LogP contribution in [0.4, 0.5) is 0 Å². The summed E-state index contributed by atoms with van der Waals surface area (Å²) in [6, 6.07) is 9.79. The van der Waals surface area contributed by atoms with Gasteiger partial charge in [-0.15, -0.1) is 11.8 Å². The Bertz CT molecular complexity index is 413. The second-order valence-electron chi connectivity index (χ2n) is 5.98. The minimum Gasteiger partial charge on any atom is -0.314 e. The fourth-order valence-electron chi connectivity index (χ4n) is 3.32. The van der Waals surface area contributed by atoms with Crippen molar-refractivity contribution in [2.24, 2.45) is 5.92 Å². The van der Waals surface area contributed by atoms with E-state index in [4.69, 9.17) is 0 Å². The highest BCUT2D eigenvalue weighted by Crippen LogP contribution is 2.42. The van der Waals surface area contributed by atoms with Crippen LogP contribution < -0.4 is 5.32 Å². The van der Waals surface area contributed by atoms with Gasteiger partial charge in [0, 0.05) is 16.7 Å². The number of hydrogen-bond acceptors (Lipinski definition) is 2. The second-order valence-corrected chi connectivity index (χ2v) is 7.04. The monoisotopic (exact) mass is 275 g/mol. The Morgan fingerprint density at radius 3 is 2.95 bits per heavy atom. The van der Waals surface area contributed by atoms with Gasteiger partial charge in [0.15, 0.2) is 0 Å². The van der Waals surface area contributed by atoms with Crippen molar-refractivity contribution < 1.29 is 0 Å². The van der Waals surface area contributed by atoms with E-state index >= 15 is 0 Å². The molecule has 2 atom stereocenters. The van der Waals surface area contributed by atoms with Gasteiger partial charge in [-0.25, -0.2) is 0 Å². The highest BCUT2D eigenvalue weighted by molar-refractivity contribution is 7.99. The lowest BCUT2D eigenvalue weighted by Gasteiger charge is -2.18. The maximum atomic E-state index is 3.68. The normalized spacial score (nSPS) is 23.3. The Morgan fingerprint density at radius 1 is 1.32 bits per heavy atom. The van der Waals surface area contributed by atoms with E-state index in [2.05, 4.69) is 36.5 Å². The smallest absolute Gasteiger partial charge is 0.0107 e. The van der Waals surface area contributed by atoms with Gasteiger partial charge in [-0.2, -0.15) is 0 Å². The quantitative estimate of drug-likeness (QED) is 0.790. The van der Waals surface area contributed by atoms with E-state index in [0.29, 0.717) is 0 Å². The largest absolute Gasteiger partial charge is 0.314 e. The molecule has 1 nitrogen and oxygen atoms in total. The van der Waals surface area contributed by atoms with Crippen molar-refractivity contribution in [3.63, 3.8) is 0 Å². The van der Waals surface area contributed by atoms with Gasteiger partial charge in [-0.1, -0.05) is 31.5 Å². The molecule has 1 aromatic rings. The minimum absolute atomic E-state index is 0.800. The van der Waals surface area contributed by atoms with Gasteiger partial charge in [-0.05, 0) is 55.7 Å². The summed E-state index contributed by atoms with van der Waals surface area (Å²) in [5.74, 6) is 3.10. The summed E-state index contributed by atoms with van der Waals surface area (Å²) in [6.07, 6.45) is 7.05. The van der Waals surface area contributed by atoms with Gasteiger partial charge in [0.05, 0.1) is 0 Å². The lowest BCUT2D eigenvalue weighted by Crippen LogP contribution is -2.30. The minimum atomic E-state index is 0.800. The standard InChI is InChI=1S/C17H25NS/c1-2-18-16(13-10-11-13)8-5-6-14-12-19-17-9-4-3-7-15(14)17/h3-4,7,9,13-14,16,18H,2,5-6,8,10-12H2,1H3. The lowest BCUT2D eigenvalue weighted by atomic mass is 9.93. The molecule has 2 unspecified atom stereocenters. The average Bonchev–Trinajstić information content (AvgIpc) is 3.20. The van der Waals surface area contributed by atoms with Crippen molar-refractivity contribution in [2.45, 2.75) is 55.9 Å². The van der Waals surface area contributed by atoms with Crippen LogP contribution in [0.2, 0.25) is 0 Å².